The third kappa shape index (κ3) is 8.89. The number of rotatable bonds is 8. The molecule has 0 radical (unpaired) electrons. The molecule has 0 saturated heterocycles. The summed E-state index contributed by atoms with van der Waals surface area (Å²) in [6, 6.07) is 0. The molecular formula is C13H25NO3. The van der Waals surface area contributed by atoms with Gasteiger partial charge < -0.3 is 15.6 Å². The van der Waals surface area contributed by atoms with E-state index in [2.05, 4.69) is 20.4 Å². The monoisotopic (exact) mass is 243 g/mol. The summed E-state index contributed by atoms with van der Waals surface area (Å²) >= 11 is 0. The van der Waals surface area contributed by atoms with Crippen molar-refractivity contribution in [2.45, 2.75) is 52.7 Å². The fourth-order valence-electron chi connectivity index (χ4n) is 1.82. The molecule has 2 unspecified atom stereocenters. The average Bonchev–Trinajstić information content (AvgIpc) is 2.13. The second-order valence-corrected chi connectivity index (χ2v) is 4.88. The molecule has 0 aliphatic rings. The van der Waals surface area contributed by atoms with Crippen molar-refractivity contribution in [1.29, 1.82) is 0 Å². The van der Waals surface area contributed by atoms with Gasteiger partial charge in [0.1, 0.15) is 12.0 Å². The molecule has 4 heteroatoms. The lowest BCUT2D eigenvalue weighted by Crippen LogP contribution is -2.19. The molecule has 0 spiro atoms. The van der Waals surface area contributed by atoms with Gasteiger partial charge in [-0.05, 0) is 31.6 Å². The topological polar surface area (TPSA) is 72.5 Å². The molecule has 0 aromatic rings. The second-order valence-electron chi connectivity index (χ2n) is 4.88. The number of hydrogen-bond donors (Lipinski definition) is 2. The van der Waals surface area contributed by atoms with Crippen molar-refractivity contribution in [1.82, 2.24) is 0 Å². The van der Waals surface area contributed by atoms with E-state index in [1.165, 1.54) is 6.92 Å². The summed E-state index contributed by atoms with van der Waals surface area (Å²) in [5, 5.41) is 9.00. The first-order valence-electron chi connectivity index (χ1n) is 6.13. The molecule has 100 valence electrons. The molecule has 0 amide bonds. The zero-order valence-electron chi connectivity index (χ0n) is 11.1. The zero-order chi connectivity index (χ0) is 13.4. The maximum Gasteiger partial charge on any atom is 0.307 e. The highest BCUT2D eigenvalue weighted by Gasteiger charge is 2.17. The van der Waals surface area contributed by atoms with Crippen LogP contribution in [-0.4, -0.2) is 17.3 Å². The highest BCUT2D eigenvalue weighted by Crippen LogP contribution is 2.25. The number of aliphatic hydroxyl groups excluding tert-OH is 1. The first-order valence-corrected chi connectivity index (χ1v) is 6.13. The summed E-state index contributed by atoms with van der Waals surface area (Å²) in [4.78, 5) is 10.9. The number of aliphatic hydroxyl groups is 1. The Balaban J connectivity index is 4.22. The molecule has 0 aliphatic carbocycles. The van der Waals surface area contributed by atoms with E-state index in [4.69, 9.17) is 15.6 Å². The van der Waals surface area contributed by atoms with E-state index in [0.717, 1.165) is 19.3 Å². The van der Waals surface area contributed by atoms with E-state index in [0.29, 0.717) is 18.1 Å². The van der Waals surface area contributed by atoms with Crippen molar-refractivity contribution >= 4 is 5.97 Å². The Kier molecular flexibility index (Phi) is 7.83. The predicted octanol–water partition coefficient (Wildman–Crippen LogP) is 2.17. The molecule has 17 heavy (non-hydrogen) atoms. The quantitative estimate of drug-likeness (QED) is 0.389. The summed E-state index contributed by atoms with van der Waals surface area (Å²) in [5.74, 6) is 0.855. The fraction of sp³-hybridized carbons (Fsp3) is 0.769. The number of hydrogen-bond acceptors (Lipinski definition) is 4. The number of carbonyl (C=O) groups excluding carboxylic acids is 1. The lowest BCUT2D eigenvalue weighted by molar-refractivity contribution is -0.137. The van der Waals surface area contributed by atoms with Gasteiger partial charge in [0, 0.05) is 12.8 Å². The number of nitrogens with two attached hydrogens (primary N) is 1. The van der Waals surface area contributed by atoms with Gasteiger partial charge >= 0.3 is 5.97 Å². The first-order chi connectivity index (χ1) is 7.82. The van der Waals surface area contributed by atoms with Crippen LogP contribution in [0.4, 0.5) is 0 Å². The van der Waals surface area contributed by atoms with E-state index in [-0.39, 0.29) is 11.9 Å². The van der Waals surface area contributed by atoms with Gasteiger partial charge in [-0.25, -0.2) is 0 Å². The summed E-state index contributed by atoms with van der Waals surface area (Å²) in [5.41, 5.74) is 5.28. The van der Waals surface area contributed by atoms with Gasteiger partial charge in [0.2, 0.25) is 0 Å². The summed E-state index contributed by atoms with van der Waals surface area (Å²) in [6.07, 6.45) is 2.35. The molecule has 0 aromatic carbocycles. The maximum absolute atomic E-state index is 10.9. The Bertz CT molecular complexity index is 249. The van der Waals surface area contributed by atoms with Crippen LogP contribution in [0.1, 0.15) is 46.5 Å². The smallest absolute Gasteiger partial charge is 0.307 e. The van der Waals surface area contributed by atoms with Crippen LogP contribution >= 0.6 is 0 Å². The van der Waals surface area contributed by atoms with Crippen LogP contribution < -0.4 is 5.73 Å². The Labute approximate surface area is 104 Å². The zero-order valence-corrected chi connectivity index (χ0v) is 11.1. The van der Waals surface area contributed by atoms with E-state index in [1.54, 1.807) is 0 Å². The third-order valence-corrected chi connectivity index (χ3v) is 2.54. The van der Waals surface area contributed by atoms with Crippen LogP contribution in [-0.2, 0) is 9.53 Å². The van der Waals surface area contributed by atoms with Gasteiger partial charge in [-0.2, -0.15) is 0 Å². The fourth-order valence-corrected chi connectivity index (χ4v) is 1.82. The molecule has 0 aliphatic heterocycles. The van der Waals surface area contributed by atoms with Crippen LogP contribution in [0.2, 0.25) is 0 Å². The molecule has 0 aromatic heterocycles. The number of ether oxygens (including phenoxy) is 1. The highest BCUT2D eigenvalue weighted by atomic mass is 16.5. The molecule has 0 bridgehead atoms. The molecule has 3 N–H and O–H groups in total. The molecule has 0 fully saturated rings. The van der Waals surface area contributed by atoms with Crippen molar-refractivity contribution in [3.05, 3.63) is 12.3 Å². The molecule has 0 heterocycles. The molecule has 0 saturated carbocycles. The van der Waals surface area contributed by atoms with Gasteiger partial charge in [-0.3, -0.25) is 4.79 Å². The van der Waals surface area contributed by atoms with Crippen molar-refractivity contribution in [2.75, 3.05) is 0 Å². The minimum absolute atomic E-state index is 0.151. The summed E-state index contributed by atoms with van der Waals surface area (Å²) in [6.45, 7) is 9.42. The van der Waals surface area contributed by atoms with Crippen LogP contribution in [0, 0.1) is 11.8 Å². The second kappa shape index (κ2) is 8.25. The van der Waals surface area contributed by atoms with Crippen LogP contribution in [0.3, 0.4) is 0 Å². The molecule has 0 rings (SSSR count). The van der Waals surface area contributed by atoms with Gasteiger partial charge in [0.25, 0.3) is 0 Å². The highest BCUT2D eigenvalue weighted by molar-refractivity contribution is 5.67. The first kappa shape index (κ1) is 16.1. The molecule has 4 nitrogen and oxygen atoms in total. The van der Waals surface area contributed by atoms with Crippen molar-refractivity contribution in [3.8, 4) is 0 Å². The Morgan fingerprint density at radius 1 is 1.41 bits per heavy atom. The largest absolute Gasteiger partial charge is 0.432 e. The van der Waals surface area contributed by atoms with Crippen molar-refractivity contribution in [3.63, 3.8) is 0 Å². The Morgan fingerprint density at radius 2 is 2.00 bits per heavy atom. The van der Waals surface area contributed by atoms with Gasteiger partial charge in [-0.15, -0.1) is 0 Å². The minimum atomic E-state index is -0.767. The average molecular weight is 243 g/mol. The minimum Gasteiger partial charge on any atom is -0.432 e. The SMILES string of the molecule is C=C(OC(C)=O)C(CCCC(N)O)CC(C)C. The Morgan fingerprint density at radius 3 is 2.41 bits per heavy atom. The normalized spacial score (nSPS) is 14.5. The lowest BCUT2D eigenvalue weighted by atomic mass is 9.91. The summed E-state index contributed by atoms with van der Waals surface area (Å²) < 4.78 is 5.04. The standard InChI is InChI=1S/C13H25NO3/c1-9(2)8-12(6-5-7-13(14)16)10(3)17-11(4)15/h9,12-13,16H,3,5-8,14H2,1-2,4H3. The van der Waals surface area contributed by atoms with Crippen LogP contribution in [0.15, 0.2) is 12.3 Å². The van der Waals surface area contributed by atoms with Gasteiger partial charge in [0.15, 0.2) is 0 Å². The van der Waals surface area contributed by atoms with Crippen LogP contribution in [0.5, 0.6) is 0 Å². The number of allylic oxidation sites excluding steroid dienone is 1. The maximum atomic E-state index is 10.9. The summed E-state index contributed by atoms with van der Waals surface area (Å²) in [7, 11) is 0. The van der Waals surface area contributed by atoms with Crippen LogP contribution in [0.25, 0.3) is 0 Å². The van der Waals surface area contributed by atoms with Gasteiger partial charge in [0.05, 0.1) is 0 Å². The number of carbonyl (C=O) groups is 1. The van der Waals surface area contributed by atoms with E-state index in [1.807, 2.05) is 0 Å². The predicted molar refractivity (Wildman–Crippen MR) is 67.9 cm³/mol. The molecular weight excluding hydrogens is 218 g/mol. The van der Waals surface area contributed by atoms with Crippen molar-refractivity contribution < 1.29 is 14.6 Å². The lowest BCUT2D eigenvalue weighted by Gasteiger charge is -2.20. The van der Waals surface area contributed by atoms with Gasteiger partial charge in [-0.1, -0.05) is 20.4 Å². The number of esters is 1. The third-order valence-electron chi connectivity index (χ3n) is 2.54. The Hall–Kier alpha value is -0.870. The van der Waals surface area contributed by atoms with E-state index >= 15 is 0 Å². The van der Waals surface area contributed by atoms with Crippen molar-refractivity contribution in [2.24, 2.45) is 17.6 Å². The molecule has 2 atom stereocenters. The van der Waals surface area contributed by atoms with E-state index < -0.39 is 6.23 Å². The van der Waals surface area contributed by atoms with E-state index in [9.17, 15) is 4.79 Å².